The van der Waals surface area contributed by atoms with Crippen molar-refractivity contribution in [1.82, 2.24) is 14.8 Å². The summed E-state index contributed by atoms with van der Waals surface area (Å²) >= 11 is 0. The summed E-state index contributed by atoms with van der Waals surface area (Å²) in [4.78, 5) is 0. The van der Waals surface area contributed by atoms with Crippen LogP contribution >= 0.6 is 0 Å². The van der Waals surface area contributed by atoms with Crippen LogP contribution in [0.3, 0.4) is 0 Å². The summed E-state index contributed by atoms with van der Waals surface area (Å²) in [6, 6.07) is 15.3. The molecule has 0 amide bonds. The van der Waals surface area contributed by atoms with E-state index < -0.39 is 0 Å². The van der Waals surface area contributed by atoms with E-state index in [4.69, 9.17) is 0 Å². The molecule has 0 aliphatic rings. The summed E-state index contributed by atoms with van der Waals surface area (Å²) in [6.07, 6.45) is 2.63. The van der Waals surface area contributed by atoms with Crippen LogP contribution in [0.4, 0.5) is 0 Å². The zero-order valence-corrected chi connectivity index (χ0v) is 11.2. The zero-order chi connectivity index (χ0) is 13.2. The molecule has 0 radical (unpaired) electrons. The summed E-state index contributed by atoms with van der Waals surface area (Å²) < 4.78 is 2.13. The van der Waals surface area contributed by atoms with E-state index in [0.29, 0.717) is 6.04 Å². The van der Waals surface area contributed by atoms with Gasteiger partial charge in [-0.3, -0.25) is 0 Å². The van der Waals surface area contributed by atoms with Gasteiger partial charge < -0.3 is 4.57 Å². The molecule has 19 heavy (non-hydrogen) atoms. The molecule has 3 nitrogen and oxygen atoms in total. The SMILES string of the molecule is CC(C)n1cnnc1Cc1cccc2ccccc12. The van der Waals surface area contributed by atoms with Gasteiger partial charge in [-0.25, -0.2) is 0 Å². The number of fused-ring (bicyclic) bond motifs is 1. The van der Waals surface area contributed by atoms with Gasteiger partial charge in [0.2, 0.25) is 0 Å². The van der Waals surface area contributed by atoms with Gasteiger partial charge in [0.1, 0.15) is 12.2 Å². The molecule has 2 aromatic carbocycles. The fourth-order valence-electron chi connectivity index (χ4n) is 2.44. The highest BCUT2D eigenvalue weighted by Gasteiger charge is 2.09. The van der Waals surface area contributed by atoms with E-state index in [9.17, 15) is 0 Å². The smallest absolute Gasteiger partial charge is 0.137 e. The normalized spacial score (nSPS) is 11.3. The van der Waals surface area contributed by atoms with Gasteiger partial charge in [0.25, 0.3) is 0 Å². The molecule has 1 heterocycles. The molecule has 0 aliphatic carbocycles. The van der Waals surface area contributed by atoms with E-state index in [-0.39, 0.29) is 0 Å². The van der Waals surface area contributed by atoms with Crippen LogP contribution < -0.4 is 0 Å². The predicted molar refractivity (Wildman–Crippen MR) is 77.2 cm³/mol. The third-order valence-corrected chi connectivity index (χ3v) is 3.43. The van der Waals surface area contributed by atoms with Crippen molar-refractivity contribution in [2.75, 3.05) is 0 Å². The molecule has 3 rings (SSSR count). The van der Waals surface area contributed by atoms with Crippen molar-refractivity contribution in [3.05, 3.63) is 60.2 Å². The maximum absolute atomic E-state index is 4.25. The molecular formula is C16H17N3. The second-order valence-corrected chi connectivity index (χ2v) is 5.06. The first kappa shape index (κ1) is 11.9. The number of aromatic nitrogens is 3. The largest absolute Gasteiger partial charge is 0.315 e. The Kier molecular flexibility index (Phi) is 3.03. The Morgan fingerprint density at radius 3 is 2.68 bits per heavy atom. The lowest BCUT2D eigenvalue weighted by Gasteiger charge is -2.11. The van der Waals surface area contributed by atoms with Crippen LogP contribution in [0, 0.1) is 0 Å². The number of benzene rings is 2. The van der Waals surface area contributed by atoms with Crippen LogP contribution in [0.5, 0.6) is 0 Å². The van der Waals surface area contributed by atoms with E-state index in [1.807, 2.05) is 6.33 Å². The quantitative estimate of drug-likeness (QED) is 0.712. The maximum Gasteiger partial charge on any atom is 0.137 e. The van der Waals surface area contributed by atoms with Gasteiger partial charge in [0.05, 0.1) is 0 Å². The second kappa shape index (κ2) is 4.84. The zero-order valence-electron chi connectivity index (χ0n) is 11.2. The standard InChI is InChI=1S/C16H17N3/c1-12(2)19-11-17-18-16(19)10-14-8-5-7-13-6-3-4-9-15(13)14/h3-9,11-12H,10H2,1-2H3. The van der Waals surface area contributed by atoms with Crippen LogP contribution in [0.2, 0.25) is 0 Å². The molecule has 3 heteroatoms. The van der Waals surface area contributed by atoms with Crippen LogP contribution in [0.1, 0.15) is 31.3 Å². The first-order valence-electron chi connectivity index (χ1n) is 6.60. The number of hydrogen-bond donors (Lipinski definition) is 0. The summed E-state index contributed by atoms with van der Waals surface area (Å²) in [6.45, 7) is 4.30. The molecule has 0 atom stereocenters. The highest BCUT2D eigenvalue weighted by atomic mass is 15.3. The topological polar surface area (TPSA) is 30.7 Å². The fraction of sp³-hybridized carbons (Fsp3) is 0.250. The van der Waals surface area contributed by atoms with Crippen LogP contribution in [0.25, 0.3) is 10.8 Å². The van der Waals surface area contributed by atoms with Crippen molar-refractivity contribution >= 4 is 10.8 Å². The monoisotopic (exact) mass is 251 g/mol. The fourth-order valence-corrected chi connectivity index (χ4v) is 2.44. The molecule has 0 bridgehead atoms. The number of nitrogens with zero attached hydrogens (tertiary/aromatic N) is 3. The summed E-state index contributed by atoms with van der Waals surface area (Å²) in [7, 11) is 0. The van der Waals surface area contributed by atoms with Gasteiger partial charge in [-0.05, 0) is 30.2 Å². The van der Waals surface area contributed by atoms with Gasteiger partial charge in [-0.2, -0.15) is 0 Å². The Morgan fingerprint density at radius 2 is 1.84 bits per heavy atom. The van der Waals surface area contributed by atoms with E-state index in [0.717, 1.165) is 12.2 Å². The Hall–Kier alpha value is -2.16. The van der Waals surface area contributed by atoms with Crippen molar-refractivity contribution < 1.29 is 0 Å². The van der Waals surface area contributed by atoms with Gasteiger partial charge in [0.15, 0.2) is 0 Å². The molecule has 0 aliphatic heterocycles. The third kappa shape index (κ3) is 2.24. The van der Waals surface area contributed by atoms with Crippen molar-refractivity contribution in [3.63, 3.8) is 0 Å². The Morgan fingerprint density at radius 1 is 1.05 bits per heavy atom. The average molecular weight is 251 g/mol. The van der Waals surface area contributed by atoms with Gasteiger partial charge in [0, 0.05) is 12.5 Å². The van der Waals surface area contributed by atoms with Crippen LogP contribution in [-0.2, 0) is 6.42 Å². The van der Waals surface area contributed by atoms with Crippen LogP contribution in [0.15, 0.2) is 48.8 Å². The molecule has 0 fully saturated rings. The van der Waals surface area contributed by atoms with Crippen molar-refractivity contribution in [3.8, 4) is 0 Å². The summed E-state index contributed by atoms with van der Waals surface area (Å²) in [5.41, 5.74) is 1.30. The molecule has 0 saturated heterocycles. The highest BCUT2D eigenvalue weighted by molar-refractivity contribution is 5.85. The minimum Gasteiger partial charge on any atom is -0.315 e. The lowest BCUT2D eigenvalue weighted by atomic mass is 10.0. The van der Waals surface area contributed by atoms with E-state index in [1.165, 1.54) is 16.3 Å². The molecule has 1 aromatic heterocycles. The van der Waals surface area contributed by atoms with Crippen molar-refractivity contribution in [2.45, 2.75) is 26.3 Å². The molecule has 3 aromatic rings. The third-order valence-electron chi connectivity index (χ3n) is 3.43. The predicted octanol–water partition coefficient (Wildman–Crippen LogP) is 3.60. The van der Waals surface area contributed by atoms with E-state index in [1.54, 1.807) is 0 Å². The number of hydrogen-bond acceptors (Lipinski definition) is 2. The summed E-state index contributed by atoms with van der Waals surface area (Å²) in [5, 5.41) is 10.9. The summed E-state index contributed by atoms with van der Waals surface area (Å²) in [5.74, 6) is 1.02. The minimum absolute atomic E-state index is 0.389. The molecular weight excluding hydrogens is 234 g/mol. The van der Waals surface area contributed by atoms with Crippen molar-refractivity contribution in [1.29, 1.82) is 0 Å². The van der Waals surface area contributed by atoms with Crippen LogP contribution in [-0.4, -0.2) is 14.8 Å². The van der Waals surface area contributed by atoms with Gasteiger partial charge in [-0.15, -0.1) is 10.2 Å². The highest BCUT2D eigenvalue weighted by Crippen LogP contribution is 2.21. The Bertz CT molecular complexity index is 693. The van der Waals surface area contributed by atoms with E-state index in [2.05, 4.69) is 71.1 Å². The maximum atomic E-state index is 4.25. The van der Waals surface area contributed by atoms with E-state index >= 15 is 0 Å². The van der Waals surface area contributed by atoms with Crippen molar-refractivity contribution in [2.24, 2.45) is 0 Å². The Labute approximate surface area is 112 Å². The first-order valence-corrected chi connectivity index (χ1v) is 6.60. The molecule has 0 unspecified atom stereocenters. The molecule has 0 saturated carbocycles. The Balaban J connectivity index is 2.04. The lowest BCUT2D eigenvalue weighted by Crippen LogP contribution is -2.06. The number of rotatable bonds is 3. The average Bonchev–Trinajstić information content (AvgIpc) is 2.87. The second-order valence-electron chi connectivity index (χ2n) is 5.06. The molecule has 96 valence electrons. The first-order chi connectivity index (χ1) is 9.25. The molecule has 0 spiro atoms. The minimum atomic E-state index is 0.389. The van der Waals surface area contributed by atoms with Gasteiger partial charge >= 0.3 is 0 Å². The molecule has 0 N–H and O–H groups in total. The van der Waals surface area contributed by atoms with Gasteiger partial charge in [-0.1, -0.05) is 42.5 Å². The lowest BCUT2D eigenvalue weighted by molar-refractivity contribution is 0.574.